The minimum atomic E-state index is -0.673. The Labute approximate surface area is 234 Å². The van der Waals surface area contributed by atoms with Crippen LogP contribution in [0.5, 0.6) is 0 Å². The van der Waals surface area contributed by atoms with E-state index in [0.29, 0.717) is 70.0 Å². The van der Waals surface area contributed by atoms with Gasteiger partial charge in [-0.3, -0.25) is 19.3 Å². The lowest BCUT2D eigenvalue weighted by atomic mass is 9.75. The van der Waals surface area contributed by atoms with Crippen molar-refractivity contribution in [2.45, 2.75) is 57.5 Å². The van der Waals surface area contributed by atoms with Crippen LogP contribution in [-0.2, 0) is 25.5 Å². The van der Waals surface area contributed by atoms with Crippen LogP contribution in [0.2, 0.25) is 0 Å². The molecule has 0 radical (unpaired) electrons. The zero-order chi connectivity index (χ0) is 28.0. The molecule has 10 nitrogen and oxygen atoms in total. The van der Waals surface area contributed by atoms with Gasteiger partial charge in [0, 0.05) is 44.8 Å². The molecule has 0 aliphatic carbocycles. The van der Waals surface area contributed by atoms with Crippen molar-refractivity contribution in [1.82, 2.24) is 20.7 Å². The summed E-state index contributed by atoms with van der Waals surface area (Å²) in [6.45, 7) is 4.44. The summed E-state index contributed by atoms with van der Waals surface area (Å²) in [6, 6.07) is 10.8. The smallest absolute Gasteiger partial charge is 0.243 e. The number of rotatable bonds is 5. The molecule has 1 aromatic carbocycles. The molecule has 3 aliphatic rings. The van der Waals surface area contributed by atoms with Crippen LogP contribution in [0.25, 0.3) is 0 Å². The molecule has 5 rings (SSSR count). The minimum absolute atomic E-state index is 0.0544. The molecule has 10 heteroatoms. The van der Waals surface area contributed by atoms with Gasteiger partial charge < -0.3 is 25.2 Å². The molecule has 40 heavy (non-hydrogen) atoms. The first-order chi connectivity index (χ1) is 19.4. The Balaban J connectivity index is 1.32. The number of carbonyl (C=O) groups excluding carboxylic acids is 3. The number of amides is 3. The Morgan fingerprint density at radius 3 is 2.70 bits per heavy atom. The molecule has 3 amide bonds. The van der Waals surface area contributed by atoms with Crippen molar-refractivity contribution in [3.8, 4) is 0 Å². The summed E-state index contributed by atoms with van der Waals surface area (Å²) >= 11 is 0. The molecule has 0 unspecified atom stereocenters. The van der Waals surface area contributed by atoms with E-state index in [1.54, 1.807) is 13.0 Å². The number of nitrogens with one attached hydrogen (secondary N) is 3. The first-order valence-electron chi connectivity index (χ1n) is 14.2. The van der Waals surface area contributed by atoms with E-state index >= 15 is 0 Å². The number of benzene rings is 1. The molecule has 1 aromatic heterocycles. The first kappa shape index (κ1) is 28.0. The number of ether oxygens (including phenoxy) is 1. The molecule has 4 heterocycles. The Morgan fingerprint density at radius 2 is 1.95 bits per heavy atom. The molecular weight excluding hydrogens is 510 g/mol. The molecule has 2 aromatic rings. The maximum atomic E-state index is 13.7. The predicted molar refractivity (Wildman–Crippen MR) is 149 cm³/mol. The topological polar surface area (TPSA) is 126 Å². The van der Waals surface area contributed by atoms with Gasteiger partial charge in [0.05, 0.1) is 12.0 Å². The number of likely N-dealkylation sites (tertiary alicyclic amines) is 1. The van der Waals surface area contributed by atoms with Crippen molar-refractivity contribution < 1.29 is 23.6 Å². The predicted octanol–water partition coefficient (Wildman–Crippen LogP) is 2.60. The van der Waals surface area contributed by atoms with E-state index in [-0.39, 0.29) is 36.2 Å². The van der Waals surface area contributed by atoms with Crippen molar-refractivity contribution >= 4 is 23.5 Å². The van der Waals surface area contributed by atoms with E-state index in [2.05, 4.69) is 38.2 Å². The molecular formula is C30H39N5O5. The highest BCUT2D eigenvalue weighted by Crippen LogP contribution is 2.36. The van der Waals surface area contributed by atoms with Gasteiger partial charge in [0.2, 0.25) is 17.7 Å². The fourth-order valence-corrected chi connectivity index (χ4v) is 6.01. The van der Waals surface area contributed by atoms with E-state index in [1.807, 2.05) is 30.3 Å². The lowest BCUT2D eigenvalue weighted by Gasteiger charge is -2.40. The summed E-state index contributed by atoms with van der Waals surface area (Å²) in [6.07, 6.45) is 8.02. The van der Waals surface area contributed by atoms with Crippen LogP contribution in [-0.4, -0.2) is 72.7 Å². The van der Waals surface area contributed by atoms with Crippen molar-refractivity contribution in [3.05, 3.63) is 59.9 Å². The van der Waals surface area contributed by atoms with Gasteiger partial charge in [-0.2, -0.15) is 0 Å². The molecule has 0 bridgehead atoms. The summed E-state index contributed by atoms with van der Waals surface area (Å²) in [5, 5.41) is 13.0. The number of allylic oxidation sites excluding steroid dienone is 2. The molecule has 2 saturated heterocycles. The maximum absolute atomic E-state index is 13.7. The van der Waals surface area contributed by atoms with Gasteiger partial charge in [0.25, 0.3) is 0 Å². The number of hydrogen-bond acceptors (Lipinski definition) is 7. The molecule has 2 fully saturated rings. The van der Waals surface area contributed by atoms with Crippen LogP contribution in [0.4, 0.5) is 5.82 Å². The van der Waals surface area contributed by atoms with Gasteiger partial charge in [0.1, 0.15) is 11.8 Å². The zero-order valence-corrected chi connectivity index (χ0v) is 23.1. The normalized spacial score (nSPS) is 26.5. The van der Waals surface area contributed by atoms with Gasteiger partial charge in [-0.05, 0) is 50.5 Å². The average Bonchev–Trinajstić information content (AvgIpc) is 3.36. The second-order valence-corrected chi connectivity index (χ2v) is 11.3. The Bertz CT molecular complexity index is 1210. The standard InChI is InChI=1S/C30H39N5O5/c1-21-17-26(34-40-21)33-27(36)20-35-14-10-24-23(19-35)9-5-6-11-30(12-15-39-16-13-30)29(38)32-25(28(37)31-24)18-22-7-3-2-4-8-22/h2-8,17,23-25H,9-16,18-20H2,1H3,(H,31,37)(H,32,38)(H,33,34,36)/b6-5+/t23-,24+,25-/m1/s1. The van der Waals surface area contributed by atoms with Crippen LogP contribution in [0.15, 0.2) is 53.1 Å². The van der Waals surface area contributed by atoms with E-state index < -0.39 is 11.5 Å². The number of aryl methyl sites for hydroxylation is 1. The van der Waals surface area contributed by atoms with Gasteiger partial charge in [0.15, 0.2) is 5.82 Å². The second kappa shape index (κ2) is 12.8. The van der Waals surface area contributed by atoms with Crippen molar-refractivity contribution in [2.24, 2.45) is 11.3 Å². The number of aromatic nitrogens is 1. The summed E-state index contributed by atoms with van der Waals surface area (Å²) < 4.78 is 10.6. The largest absolute Gasteiger partial charge is 0.381 e. The first-order valence-corrected chi connectivity index (χ1v) is 14.2. The van der Waals surface area contributed by atoms with E-state index in [1.165, 1.54) is 0 Å². The highest BCUT2D eigenvalue weighted by atomic mass is 16.5. The zero-order valence-electron chi connectivity index (χ0n) is 23.1. The third-order valence-electron chi connectivity index (χ3n) is 8.36. The fourth-order valence-electron chi connectivity index (χ4n) is 6.01. The number of anilines is 1. The average molecular weight is 550 g/mol. The minimum Gasteiger partial charge on any atom is -0.381 e. The fraction of sp³-hybridized carbons (Fsp3) is 0.533. The van der Waals surface area contributed by atoms with Crippen molar-refractivity contribution in [3.63, 3.8) is 0 Å². The molecule has 214 valence electrons. The summed E-state index contributed by atoms with van der Waals surface area (Å²) in [7, 11) is 0. The van der Waals surface area contributed by atoms with Crippen LogP contribution in [0.3, 0.4) is 0 Å². The number of hydrogen-bond donors (Lipinski definition) is 3. The summed E-state index contributed by atoms with van der Waals surface area (Å²) in [5.41, 5.74) is 0.411. The van der Waals surface area contributed by atoms with E-state index in [0.717, 1.165) is 12.0 Å². The third-order valence-corrected chi connectivity index (χ3v) is 8.36. The molecule has 0 saturated carbocycles. The summed E-state index contributed by atoms with van der Waals surface area (Å²) in [5.74, 6) is 0.799. The van der Waals surface area contributed by atoms with Crippen LogP contribution in [0, 0.1) is 18.3 Å². The third kappa shape index (κ3) is 6.98. The number of nitrogens with zero attached hydrogens (tertiary/aromatic N) is 2. The Morgan fingerprint density at radius 1 is 1.15 bits per heavy atom. The van der Waals surface area contributed by atoms with E-state index in [4.69, 9.17) is 9.26 Å². The number of fused-ring (bicyclic) bond motifs is 1. The molecule has 3 N–H and O–H groups in total. The lowest BCUT2D eigenvalue weighted by Crippen LogP contribution is -2.58. The van der Waals surface area contributed by atoms with Gasteiger partial charge in [-0.15, -0.1) is 0 Å². The monoisotopic (exact) mass is 549 g/mol. The second-order valence-electron chi connectivity index (χ2n) is 11.3. The van der Waals surface area contributed by atoms with Gasteiger partial charge >= 0.3 is 0 Å². The summed E-state index contributed by atoms with van der Waals surface area (Å²) in [4.78, 5) is 42.2. The van der Waals surface area contributed by atoms with Crippen LogP contribution in [0.1, 0.15) is 43.4 Å². The quantitative estimate of drug-likeness (QED) is 0.490. The van der Waals surface area contributed by atoms with Crippen LogP contribution < -0.4 is 16.0 Å². The maximum Gasteiger partial charge on any atom is 0.243 e. The van der Waals surface area contributed by atoms with Crippen molar-refractivity contribution in [1.29, 1.82) is 0 Å². The van der Waals surface area contributed by atoms with Gasteiger partial charge in [-0.1, -0.05) is 47.6 Å². The molecule has 3 aliphatic heterocycles. The molecule has 1 spiro atoms. The lowest BCUT2D eigenvalue weighted by molar-refractivity contribution is -0.140. The Hall–Kier alpha value is -3.50. The Kier molecular flexibility index (Phi) is 8.96. The SMILES string of the molecule is Cc1cc(NC(=O)CN2CC[C@@H]3NC(=O)[C@@H](Cc4ccccc4)NC(=O)C4(C/C=C/C[C@@H]3C2)CCOCC4)no1. The number of carbonyl (C=O) groups is 3. The highest BCUT2D eigenvalue weighted by Gasteiger charge is 2.41. The highest BCUT2D eigenvalue weighted by molar-refractivity contribution is 5.91. The number of piperidine rings is 1. The van der Waals surface area contributed by atoms with Gasteiger partial charge in [-0.25, -0.2) is 0 Å². The van der Waals surface area contributed by atoms with E-state index in [9.17, 15) is 14.4 Å². The van der Waals surface area contributed by atoms with Crippen LogP contribution >= 0.6 is 0 Å². The molecule has 3 atom stereocenters. The van der Waals surface area contributed by atoms with Crippen molar-refractivity contribution in [2.75, 3.05) is 38.2 Å².